The molecule has 8 heteroatoms. The zero-order chi connectivity index (χ0) is 28.4. The van der Waals surface area contributed by atoms with Gasteiger partial charge in [-0.1, -0.05) is 36.4 Å². The Labute approximate surface area is 230 Å². The van der Waals surface area contributed by atoms with E-state index in [0.29, 0.717) is 45.3 Å². The van der Waals surface area contributed by atoms with Crippen LogP contribution in [0.4, 0.5) is 13.2 Å². The minimum atomic E-state index is -1.06. The Morgan fingerprint density at radius 1 is 0.488 bits per heavy atom. The summed E-state index contributed by atoms with van der Waals surface area (Å²) in [4.78, 5) is 0. The normalized spacial score (nSPS) is 11.2. The second kappa shape index (κ2) is 8.74. The standard InChI is InChI=1S/C33H14F3N5/c34-21-11-26(35)33(27(36)12-21)41-29-8-4-2-6-23(29)25-13-24-22-5-1-3-7-28(22)40(30(24)14-31(25)41)32-19(16-38)9-18(15-37)10-20(32)17-39/h1-14H. The molecule has 0 spiro atoms. The molecule has 192 valence electrons. The van der Waals surface area contributed by atoms with E-state index in [2.05, 4.69) is 12.1 Å². The van der Waals surface area contributed by atoms with Gasteiger partial charge >= 0.3 is 0 Å². The molecule has 0 amide bonds. The van der Waals surface area contributed by atoms with Crippen molar-refractivity contribution in [3.8, 4) is 29.6 Å². The minimum absolute atomic E-state index is 0.125. The predicted octanol–water partition coefficient (Wildman–Crippen LogP) is 7.91. The Bertz CT molecular complexity index is 2340. The van der Waals surface area contributed by atoms with Crippen LogP contribution in [0.3, 0.4) is 0 Å². The summed E-state index contributed by atoms with van der Waals surface area (Å²) in [6, 6.07) is 28.7. The number of aromatic nitrogens is 2. The van der Waals surface area contributed by atoms with Crippen molar-refractivity contribution in [3.63, 3.8) is 0 Å². The van der Waals surface area contributed by atoms with Gasteiger partial charge in [-0.05, 0) is 36.4 Å². The number of fused-ring (bicyclic) bond motifs is 6. The van der Waals surface area contributed by atoms with Gasteiger partial charge in [0.2, 0.25) is 0 Å². The topological polar surface area (TPSA) is 81.2 Å². The second-order valence-corrected chi connectivity index (χ2v) is 9.57. The van der Waals surface area contributed by atoms with E-state index in [4.69, 9.17) is 0 Å². The fraction of sp³-hybridized carbons (Fsp3) is 0. The molecule has 0 saturated heterocycles. The lowest BCUT2D eigenvalue weighted by atomic mass is 10.0. The van der Waals surface area contributed by atoms with Crippen LogP contribution in [-0.2, 0) is 0 Å². The third kappa shape index (κ3) is 3.34. The summed E-state index contributed by atoms with van der Waals surface area (Å²) in [6.07, 6.45) is 0. The maximum absolute atomic E-state index is 15.2. The number of benzene rings is 5. The number of para-hydroxylation sites is 2. The van der Waals surface area contributed by atoms with Crippen molar-refractivity contribution in [2.24, 2.45) is 0 Å². The summed E-state index contributed by atoms with van der Waals surface area (Å²) in [5.74, 6) is -3.14. The lowest BCUT2D eigenvalue weighted by Crippen LogP contribution is -2.04. The molecule has 0 aliphatic carbocycles. The quantitative estimate of drug-likeness (QED) is 0.225. The summed E-state index contributed by atoms with van der Waals surface area (Å²) < 4.78 is 47.5. The molecule has 41 heavy (non-hydrogen) atoms. The van der Waals surface area contributed by atoms with Gasteiger partial charge in [0.1, 0.15) is 23.6 Å². The van der Waals surface area contributed by atoms with E-state index in [1.54, 1.807) is 22.8 Å². The number of hydrogen-bond donors (Lipinski definition) is 0. The SMILES string of the molecule is N#Cc1cc(C#N)c(-n2c3ccccc3c3cc4c5ccccc5n(-c5c(F)cc(F)cc5F)c4cc32)c(C#N)c1. The van der Waals surface area contributed by atoms with Crippen molar-refractivity contribution in [1.82, 2.24) is 9.13 Å². The number of nitriles is 3. The highest BCUT2D eigenvalue weighted by molar-refractivity contribution is 6.19. The molecule has 0 radical (unpaired) electrons. The molecular weight excluding hydrogens is 523 g/mol. The van der Waals surface area contributed by atoms with Crippen molar-refractivity contribution >= 4 is 43.6 Å². The van der Waals surface area contributed by atoms with E-state index < -0.39 is 23.1 Å². The van der Waals surface area contributed by atoms with E-state index in [0.717, 1.165) is 16.2 Å². The average Bonchev–Trinajstić information content (AvgIpc) is 3.47. The monoisotopic (exact) mass is 537 g/mol. The predicted molar refractivity (Wildman–Crippen MR) is 149 cm³/mol. The number of nitrogens with zero attached hydrogens (tertiary/aromatic N) is 5. The van der Waals surface area contributed by atoms with Crippen molar-refractivity contribution in [1.29, 1.82) is 15.8 Å². The molecular formula is C33H14F3N5. The smallest absolute Gasteiger partial charge is 0.153 e. The zero-order valence-corrected chi connectivity index (χ0v) is 21.0. The maximum Gasteiger partial charge on any atom is 0.153 e. The number of halogens is 3. The molecule has 0 aliphatic heterocycles. The summed E-state index contributed by atoms with van der Waals surface area (Å²) in [5.41, 5.74) is 2.52. The van der Waals surface area contributed by atoms with E-state index in [-0.39, 0.29) is 16.7 Å². The van der Waals surface area contributed by atoms with E-state index in [9.17, 15) is 20.2 Å². The van der Waals surface area contributed by atoms with Gasteiger partial charge < -0.3 is 9.13 Å². The lowest BCUT2D eigenvalue weighted by molar-refractivity contribution is 0.537. The van der Waals surface area contributed by atoms with Crippen LogP contribution >= 0.6 is 0 Å². The molecule has 0 unspecified atom stereocenters. The molecule has 0 aliphatic rings. The van der Waals surface area contributed by atoms with Gasteiger partial charge in [-0.25, -0.2) is 13.2 Å². The molecule has 5 nitrogen and oxygen atoms in total. The van der Waals surface area contributed by atoms with Crippen LogP contribution in [0.5, 0.6) is 0 Å². The molecule has 7 rings (SSSR count). The molecule has 0 N–H and O–H groups in total. The molecule has 0 fully saturated rings. The summed E-state index contributed by atoms with van der Waals surface area (Å²) >= 11 is 0. The van der Waals surface area contributed by atoms with Crippen LogP contribution in [0, 0.1) is 51.4 Å². The van der Waals surface area contributed by atoms with Gasteiger partial charge in [0.25, 0.3) is 0 Å². The highest BCUT2D eigenvalue weighted by atomic mass is 19.1. The first-order valence-corrected chi connectivity index (χ1v) is 12.4. The number of hydrogen-bond acceptors (Lipinski definition) is 3. The summed E-state index contributed by atoms with van der Waals surface area (Å²) in [5, 5.41) is 32.6. The van der Waals surface area contributed by atoms with Gasteiger partial charge in [-0.3, -0.25) is 0 Å². The highest BCUT2D eigenvalue weighted by Gasteiger charge is 2.24. The molecule has 0 atom stereocenters. The fourth-order valence-corrected chi connectivity index (χ4v) is 5.77. The third-order valence-corrected chi connectivity index (χ3v) is 7.37. The Hall–Kier alpha value is -6.04. The van der Waals surface area contributed by atoms with Crippen LogP contribution in [0.1, 0.15) is 16.7 Å². The average molecular weight is 538 g/mol. The van der Waals surface area contributed by atoms with E-state index >= 15 is 8.78 Å². The Kier molecular flexibility index (Phi) is 5.12. The van der Waals surface area contributed by atoms with Gasteiger partial charge in [-0.2, -0.15) is 15.8 Å². The van der Waals surface area contributed by atoms with Crippen LogP contribution in [0.25, 0.3) is 55.0 Å². The Balaban J connectivity index is 1.72. The number of rotatable bonds is 2. The largest absolute Gasteiger partial charge is 0.307 e. The molecule has 2 aromatic heterocycles. The molecule has 0 saturated carbocycles. The zero-order valence-electron chi connectivity index (χ0n) is 21.0. The van der Waals surface area contributed by atoms with Crippen LogP contribution < -0.4 is 0 Å². The van der Waals surface area contributed by atoms with E-state index in [1.165, 1.54) is 16.7 Å². The van der Waals surface area contributed by atoms with Crippen LogP contribution in [0.15, 0.2) is 84.9 Å². The van der Waals surface area contributed by atoms with Crippen molar-refractivity contribution in [3.05, 3.63) is 119 Å². The van der Waals surface area contributed by atoms with E-state index in [1.807, 2.05) is 48.5 Å². The molecule has 7 aromatic rings. The lowest BCUT2D eigenvalue weighted by Gasteiger charge is -2.13. The van der Waals surface area contributed by atoms with Gasteiger partial charge in [0, 0.05) is 33.7 Å². The third-order valence-electron chi connectivity index (χ3n) is 7.37. The minimum Gasteiger partial charge on any atom is -0.307 e. The van der Waals surface area contributed by atoms with Crippen LogP contribution in [0.2, 0.25) is 0 Å². The highest BCUT2D eigenvalue weighted by Crippen LogP contribution is 2.41. The van der Waals surface area contributed by atoms with Crippen molar-refractivity contribution < 1.29 is 13.2 Å². The summed E-state index contributed by atoms with van der Waals surface area (Å²) in [7, 11) is 0. The Morgan fingerprint density at radius 2 is 0.976 bits per heavy atom. The molecule has 5 aromatic carbocycles. The van der Waals surface area contributed by atoms with Crippen LogP contribution in [-0.4, -0.2) is 9.13 Å². The van der Waals surface area contributed by atoms with Gasteiger partial charge in [0.15, 0.2) is 11.6 Å². The summed E-state index contributed by atoms with van der Waals surface area (Å²) in [6.45, 7) is 0. The fourth-order valence-electron chi connectivity index (χ4n) is 5.77. The molecule has 2 heterocycles. The van der Waals surface area contributed by atoms with Gasteiger partial charge in [0.05, 0.1) is 50.5 Å². The Morgan fingerprint density at radius 3 is 1.46 bits per heavy atom. The molecule has 0 bridgehead atoms. The van der Waals surface area contributed by atoms with Crippen molar-refractivity contribution in [2.75, 3.05) is 0 Å². The first kappa shape index (κ1) is 24.0. The van der Waals surface area contributed by atoms with Gasteiger partial charge in [-0.15, -0.1) is 0 Å². The first-order valence-electron chi connectivity index (χ1n) is 12.4. The first-order chi connectivity index (χ1) is 19.9. The van der Waals surface area contributed by atoms with Crippen molar-refractivity contribution in [2.45, 2.75) is 0 Å². The maximum atomic E-state index is 15.2. The second-order valence-electron chi connectivity index (χ2n) is 9.57.